The molecule has 0 radical (unpaired) electrons. The van der Waals surface area contributed by atoms with Crippen LogP contribution < -0.4 is 10.6 Å². The Kier molecular flexibility index (Phi) is 6.49. The van der Waals surface area contributed by atoms with Crippen molar-refractivity contribution in [2.75, 3.05) is 33.4 Å². The van der Waals surface area contributed by atoms with Gasteiger partial charge in [-0.25, -0.2) is 0 Å². The second-order valence-corrected chi connectivity index (χ2v) is 4.57. The molecule has 19 heavy (non-hydrogen) atoms. The molecule has 1 atom stereocenters. The number of amides is 1. The summed E-state index contributed by atoms with van der Waals surface area (Å²) in [5, 5.41) is 15.4. The summed E-state index contributed by atoms with van der Waals surface area (Å²) in [7, 11) is 1.61. The van der Waals surface area contributed by atoms with Gasteiger partial charge in [-0.3, -0.25) is 4.79 Å². The maximum absolute atomic E-state index is 11.8. The molecule has 106 valence electrons. The zero-order valence-electron chi connectivity index (χ0n) is 11.5. The molecule has 0 spiro atoms. The van der Waals surface area contributed by atoms with Crippen LogP contribution in [-0.4, -0.2) is 44.4 Å². The summed E-state index contributed by atoms with van der Waals surface area (Å²) in [5.41, 5.74) is 0.115. The Morgan fingerprint density at radius 2 is 2.05 bits per heavy atom. The number of rotatable bonds is 8. The smallest absolute Gasteiger partial charge is 0.234 e. The molecule has 0 saturated carbocycles. The van der Waals surface area contributed by atoms with E-state index in [4.69, 9.17) is 4.74 Å². The first-order chi connectivity index (χ1) is 9.12. The van der Waals surface area contributed by atoms with Gasteiger partial charge in [0.25, 0.3) is 0 Å². The molecule has 0 bridgehead atoms. The number of nitrogens with one attached hydrogen (secondary N) is 2. The van der Waals surface area contributed by atoms with E-state index in [2.05, 4.69) is 10.6 Å². The predicted octanol–water partition coefficient (Wildman–Crippen LogP) is 0.246. The maximum Gasteiger partial charge on any atom is 0.234 e. The van der Waals surface area contributed by atoms with Crippen molar-refractivity contribution in [1.29, 1.82) is 0 Å². The molecule has 5 nitrogen and oxygen atoms in total. The van der Waals surface area contributed by atoms with Gasteiger partial charge >= 0.3 is 0 Å². The number of carbonyl (C=O) groups excluding carboxylic acids is 1. The monoisotopic (exact) mass is 266 g/mol. The van der Waals surface area contributed by atoms with Gasteiger partial charge in [0.2, 0.25) is 5.91 Å². The van der Waals surface area contributed by atoms with E-state index in [9.17, 15) is 9.90 Å². The van der Waals surface area contributed by atoms with Crippen molar-refractivity contribution in [3.63, 3.8) is 0 Å². The molecular formula is C14H22N2O3. The molecule has 0 aromatic heterocycles. The largest absolute Gasteiger partial charge is 0.394 e. The van der Waals surface area contributed by atoms with Crippen molar-refractivity contribution in [3.05, 3.63) is 35.9 Å². The van der Waals surface area contributed by atoms with Crippen molar-refractivity contribution < 1.29 is 14.6 Å². The highest BCUT2D eigenvalue weighted by Crippen LogP contribution is 2.19. The first kappa shape index (κ1) is 15.6. The van der Waals surface area contributed by atoms with Gasteiger partial charge in [-0.1, -0.05) is 30.3 Å². The third-order valence-corrected chi connectivity index (χ3v) is 2.91. The maximum atomic E-state index is 11.8. The van der Waals surface area contributed by atoms with E-state index in [0.29, 0.717) is 13.2 Å². The van der Waals surface area contributed by atoms with Gasteiger partial charge in [-0.05, 0) is 12.5 Å². The Morgan fingerprint density at radius 3 is 2.63 bits per heavy atom. The van der Waals surface area contributed by atoms with Crippen LogP contribution in [0.4, 0.5) is 0 Å². The molecule has 0 fully saturated rings. The third kappa shape index (κ3) is 4.98. The minimum Gasteiger partial charge on any atom is -0.394 e. The molecule has 0 aliphatic heterocycles. The summed E-state index contributed by atoms with van der Waals surface area (Å²) in [6, 6.07) is 9.43. The van der Waals surface area contributed by atoms with Gasteiger partial charge in [0.15, 0.2) is 0 Å². The summed E-state index contributed by atoms with van der Waals surface area (Å²) in [6.45, 7) is 3.02. The van der Waals surface area contributed by atoms with Gasteiger partial charge in [-0.15, -0.1) is 0 Å². The SMILES string of the molecule is COCCNCC(=O)NC(C)(CO)c1ccccc1. The van der Waals surface area contributed by atoms with Crippen LogP contribution in [0.15, 0.2) is 30.3 Å². The van der Waals surface area contributed by atoms with E-state index in [0.717, 1.165) is 5.56 Å². The van der Waals surface area contributed by atoms with Crippen molar-refractivity contribution >= 4 is 5.91 Å². The molecule has 1 amide bonds. The summed E-state index contributed by atoms with van der Waals surface area (Å²) in [5.74, 6) is -0.156. The van der Waals surface area contributed by atoms with E-state index < -0.39 is 5.54 Å². The minimum atomic E-state index is -0.763. The van der Waals surface area contributed by atoms with Gasteiger partial charge in [0, 0.05) is 13.7 Å². The lowest BCUT2D eigenvalue weighted by molar-refractivity contribution is -0.122. The van der Waals surface area contributed by atoms with E-state index >= 15 is 0 Å². The fourth-order valence-electron chi connectivity index (χ4n) is 1.74. The van der Waals surface area contributed by atoms with Crippen molar-refractivity contribution in [2.24, 2.45) is 0 Å². The average molecular weight is 266 g/mol. The molecule has 1 aromatic carbocycles. The van der Waals surface area contributed by atoms with Gasteiger partial charge in [-0.2, -0.15) is 0 Å². The van der Waals surface area contributed by atoms with E-state index in [1.165, 1.54) is 0 Å². The standard InChI is InChI=1S/C14H22N2O3/c1-14(11-17,12-6-4-3-5-7-12)16-13(18)10-15-8-9-19-2/h3-7,15,17H,8-11H2,1-2H3,(H,16,18). The van der Waals surface area contributed by atoms with Crippen molar-refractivity contribution in [2.45, 2.75) is 12.5 Å². The van der Waals surface area contributed by atoms with Crippen LogP contribution >= 0.6 is 0 Å². The number of benzene rings is 1. The summed E-state index contributed by atoms with van der Waals surface area (Å²) in [4.78, 5) is 11.8. The molecule has 1 aromatic rings. The normalized spacial score (nSPS) is 13.8. The van der Waals surface area contributed by atoms with Crippen molar-refractivity contribution in [3.8, 4) is 0 Å². The number of methoxy groups -OCH3 is 1. The Balaban J connectivity index is 2.54. The average Bonchev–Trinajstić information content (AvgIpc) is 2.44. The first-order valence-corrected chi connectivity index (χ1v) is 6.29. The predicted molar refractivity (Wildman–Crippen MR) is 73.8 cm³/mol. The van der Waals surface area contributed by atoms with Crippen molar-refractivity contribution in [1.82, 2.24) is 10.6 Å². The highest BCUT2D eigenvalue weighted by atomic mass is 16.5. The first-order valence-electron chi connectivity index (χ1n) is 6.29. The lowest BCUT2D eigenvalue weighted by atomic mass is 9.93. The number of carbonyl (C=O) groups is 1. The van der Waals surface area contributed by atoms with Crippen LogP contribution in [0, 0.1) is 0 Å². The molecule has 5 heteroatoms. The fourth-order valence-corrected chi connectivity index (χ4v) is 1.74. The number of ether oxygens (including phenoxy) is 1. The topological polar surface area (TPSA) is 70.6 Å². The van der Waals surface area contributed by atoms with Crippen LogP contribution in [-0.2, 0) is 15.1 Å². The van der Waals surface area contributed by atoms with Gasteiger partial charge < -0.3 is 20.5 Å². The van der Waals surface area contributed by atoms with Gasteiger partial charge in [0.05, 0.1) is 25.3 Å². The Labute approximate surface area is 114 Å². The molecular weight excluding hydrogens is 244 g/mol. The van der Waals surface area contributed by atoms with E-state index in [-0.39, 0.29) is 19.1 Å². The zero-order valence-corrected chi connectivity index (χ0v) is 11.5. The second-order valence-electron chi connectivity index (χ2n) is 4.57. The summed E-state index contributed by atoms with van der Waals surface area (Å²) >= 11 is 0. The lowest BCUT2D eigenvalue weighted by Crippen LogP contribution is -2.49. The lowest BCUT2D eigenvalue weighted by Gasteiger charge is -2.29. The van der Waals surface area contributed by atoms with E-state index in [1.807, 2.05) is 30.3 Å². The number of hydrogen-bond acceptors (Lipinski definition) is 4. The van der Waals surface area contributed by atoms with Crippen LogP contribution in [0.3, 0.4) is 0 Å². The Hall–Kier alpha value is -1.43. The Bertz CT molecular complexity index is 384. The Morgan fingerprint density at radius 1 is 1.37 bits per heavy atom. The highest BCUT2D eigenvalue weighted by molar-refractivity contribution is 5.79. The number of hydrogen-bond donors (Lipinski definition) is 3. The van der Waals surface area contributed by atoms with Gasteiger partial charge in [0.1, 0.15) is 0 Å². The fraction of sp³-hybridized carbons (Fsp3) is 0.500. The second kappa shape index (κ2) is 7.89. The van der Waals surface area contributed by atoms with Crippen LogP contribution in [0.1, 0.15) is 12.5 Å². The minimum absolute atomic E-state index is 0.152. The van der Waals surface area contributed by atoms with Crippen LogP contribution in [0.5, 0.6) is 0 Å². The van der Waals surface area contributed by atoms with Crippen LogP contribution in [0.2, 0.25) is 0 Å². The quantitative estimate of drug-likeness (QED) is 0.590. The van der Waals surface area contributed by atoms with Crippen LogP contribution in [0.25, 0.3) is 0 Å². The third-order valence-electron chi connectivity index (χ3n) is 2.91. The molecule has 1 unspecified atom stereocenters. The molecule has 1 rings (SSSR count). The zero-order chi connectivity index (χ0) is 14.1. The molecule has 0 aliphatic carbocycles. The summed E-state index contributed by atoms with van der Waals surface area (Å²) < 4.78 is 4.88. The highest BCUT2D eigenvalue weighted by Gasteiger charge is 2.27. The number of aliphatic hydroxyl groups excluding tert-OH is 1. The molecule has 0 heterocycles. The molecule has 3 N–H and O–H groups in total. The molecule has 0 saturated heterocycles. The molecule has 0 aliphatic rings. The number of aliphatic hydroxyl groups is 1. The summed E-state index contributed by atoms with van der Waals surface area (Å²) in [6.07, 6.45) is 0. The van der Waals surface area contributed by atoms with E-state index in [1.54, 1.807) is 14.0 Å².